The van der Waals surface area contributed by atoms with Gasteiger partial charge in [0, 0.05) is 18.8 Å². The SMILES string of the molecule is C/C(=N/Nc1nc2ccccc2s1)c1ccc(N2CCCCCC2)cc1. The summed E-state index contributed by atoms with van der Waals surface area (Å²) >= 11 is 1.62. The van der Waals surface area contributed by atoms with Crippen molar-refractivity contribution in [1.82, 2.24) is 4.98 Å². The number of para-hydroxylation sites is 1. The number of nitrogens with one attached hydrogen (secondary N) is 1. The minimum Gasteiger partial charge on any atom is -0.372 e. The molecule has 0 saturated carbocycles. The van der Waals surface area contributed by atoms with Crippen molar-refractivity contribution in [2.24, 2.45) is 5.10 Å². The van der Waals surface area contributed by atoms with Gasteiger partial charge in [-0.25, -0.2) is 4.98 Å². The van der Waals surface area contributed by atoms with Gasteiger partial charge in [-0.3, -0.25) is 5.43 Å². The van der Waals surface area contributed by atoms with Gasteiger partial charge in [-0.2, -0.15) is 5.10 Å². The molecule has 2 heterocycles. The predicted octanol–water partition coefficient (Wildman–Crippen LogP) is 5.51. The summed E-state index contributed by atoms with van der Waals surface area (Å²) in [6.45, 7) is 4.37. The molecule has 2 aromatic carbocycles. The lowest BCUT2D eigenvalue weighted by molar-refractivity contribution is 0.726. The number of benzene rings is 2. The molecule has 1 aliphatic heterocycles. The Morgan fingerprint density at radius 3 is 2.46 bits per heavy atom. The van der Waals surface area contributed by atoms with Crippen LogP contribution in [0.15, 0.2) is 53.6 Å². The van der Waals surface area contributed by atoms with Crippen LogP contribution < -0.4 is 10.3 Å². The quantitative estimate of drug-likeness (QED) is 0.490. The summed E-state index contributed by atoms with van der Waals surface area (Å²) in [4.78, 5) is 7.06. The maximum atomic E-state index is 4.56. The zero-order chi connectivity index (χ0) is 17.8. The van der Waals surface area contributed by atoms with E-state index in [1.54, 1.807) is 11.3 Å². The van der Waals surface area contributed by atoms with Gasteiger partial charge >= 0.3 is 0 Å². The van der Waals surface area contributed by atoms with Gasteiger partial charge in [0.15, 0.2) is 0 Å². The van der Waals surface area contributed by atoms with Crippen molar-refractivity contribution in [3.8, 4) is 0 Å². The molecule has 3 aromatic rings. The summed E-state index contributed by atoms with van der Waals surface area (Å²) in [7, 11) is 0. The highest BCUT2D eigenvalue weighted by Gasteiger charge is 2.10. The second kappa shape index (κ2) is 7.87. The van der Waals surface area contributed by atoms with E-state index in [9.17, 15) is 0 Å². The Labute approximate surface area is 158 Å². The van der Waals surface area contributed by atoms with Crippen LogP contribution in [-0.4, -0.2) is 23.8 Å². The van der Waals surface area contributed by atoms with Crippen molar-refractivity contribution in [2.75, 3.05) is 23.4 Å². The molecule has 0 aliphatic carbocycles. The van der Waals surface area contributed by atoms with E-state index in [4.69, 9.17) is 0 Å². The van der Waals surface area contributed by atoms with Gasteiger partial charge in [0.1, 0.15) is 0 Å². The Kier molecular flexibility index (Phi) is 5.16. The maximum absolute atomic E-state index is 4.56. The number of hydrogen-bond acceptors (Lipinski definition) is 5. The summed E-state index contributed by atoms with van der Waals surface area (Å²) in [5.74, 6) is 0. The van der Waals surface area contributed by atoms with Crippen LogP contribution in [0.3, 0.4) is 0 Å². The molecule has 1 aliphatic rings. The first-order valence-electron chi connectivity index (χ1n) is 9.31. The monoisotopic (exact) mass is 364 g/mol. The first kappa shape index (κ1) is 17.0. The van der Waals surface area contributed by atoms with E-state index >= 15 is 0 Å². The van der Waals surface area contributed by atoms with Crippen LogP contribution in [0, 0.1) is 0 Å². The Balaban J connectivity index is 1.45. The molecule has 0 amide bonds. The average molecular weight is 365 g/mol. The smallest absolute Gasteiger partial charge is 0.204 e. The van der Waals surface area contributed by atoms with E-state index in [1.165, 1.54) is 49.2 Å². The maximum Gasteiger partial charge on any atom is 0.204 e. The van der Waals surface area contributed by atoms with Gasteiger partial charge in [-0.05, 0) is 49.6 Å². The van der Waals surface area contributed by atoms with Crippen LogP contribution in [0.2, 0.25) is 0 Å². The Morgan fingerprint density at radius 2 is 1.73 bits per heavy atom. The molecule has 134 valence electrons. The van der Waals surface area contributed by atoms with E-state index in [0.29, 0.717) is 0 Å². The number of aromatic nitrogens is 1. The molecule has 0 radical (unpaired) electrons. The minimum absolute atomic E-state index is 0.826. The summed E-state index contributed by atoms with van der Waals surface area (Å²) in [6.07, 6.45) is 5.32. The second-order valence-corrected chi connectivity index (χ2v) is 7.77. The van der Waals surface area contributed by atoms with Crippen LogP contribution in [0.25, 0.3) is 10.2 Å². The summed E-state index contributed by atoms with van der Waals surface area (Å²) < 4.78 is 1.17. The summed E-state index contributed by atoms with van der Waals surface area (Å²) in [5, 5.41) is 5.34. The van der Waals surface area contributed by atoms with Crippen molar-refractivity contribution in [3.05, 3.63) is 54.1 Å². The number of hydrogen-bond donors (Lipinski definition) is 1. The average Bonchev–Trinajstić information content (AvgIpc) is 2.90. The van der Waals surface area contributed by atoms with E-state index in [2.05, 4.69) is 50.7 Å². The highest BCUT2D eigenvalue weighted by atomic mass is 32.1. The van der Waals surface area contributed by atoms with Gasteiger partial charge in [0.25, 0.3) is 0 Å². The highest BCUT2D eigenvalue weighted by Crippen LogP contribution is 2.25. The van der Waals surface area contributed by atoms with Gasteiger partial charge in [-0.15, -0.1) is 0 Å². The zero-order valence-corrected chi connectivity index (χ0v) is 15.9. The lowest BCUT2D eigenvalue weighted by atomic mass is 10.1. The molecule has 0 bridgehead atoms. The van der Waals surface area contributed by atoms with Crippen molar-refractivity contribution in [3.63, 3.8) is 0 Å². The molecule has 0 spiro atoms. The third-order valence-electron chi connectivity index (χ3n) is 4.87. The van der Waals surface area contributed by atoms with Crippen LogP contribution in [-0.2, 0) is 0 Å². The standard InChI is InChI=1S/C21H24N4S/c1-16(23-24-21-22-19-8-4-5-9-20(19)26-21)17-10-12-18(13-11-17)25-14-6-2-3-7-15-25/h4-5,8-13H,2-3,6-7,14-15H2,1H3,(H,22,24)/b23-16-. The molecule has 1 N–H and O–H groups in total. The number of rotatable bonds is 4. The van der Waals surface area contributed by atoms with Crippen LogP contribution in [0.1, 0.15) is 38.2 Å². The summed E-state index contributed by atoms with van der Waals surface area (Å²) in [6, 6.07) is 16.9. The number of nitrogens with zero attached hydrogens (tertiary/aromatic N) is 3. The Hall–Kier alpha value is -2.40. The van der Waals surface area contributed by atoms with Crippen molar-refractivity contribution in [1.29, 1.82) is 0 Å². The van der Waals surface area contributed by atoms with E-state index < -0.39 is 0 Å². The fourth-order valence-corrected chi connectivity index (χ4v) is 4.17. The van der Waals surface area contributed by atoms with Gasteiger partial charge < -0.3 is 4.90 Å². The number of fused-ring (bicyclic) bond motifs is 1. The molecule has 0 unspecified atom stereocenters. The second-order valence-electron chi connectivity index (χ2n) is 6.74. The molecule has 1 fully saturated rings. The highest BCUT2D eigenvalue weighted by molar-refractivity contribution is 7.22. The number of hydrazone groups is 1. The van der Waals surface area contributed by atoms with E-state index in [1.807, 2.05) is 25.1 Å². The largest absolute Gasteiger partial charge is 0.372 e. The molecular weight excluding hydrogens is 340 g/mol. The lowest BCUT2D eigenvalue weighted by Crippen LogP contribution is -2.23. The topological polar surface area (TPSA) is 40.5 Å². The normalized spacial score (nSPS) is 15.9. The molecule has 0 atom stereocenters. The lowest BCUT2D eigenvalue weighted by Gasteiger charge is -2.22. The molecule has 5 heteroatoms. The van der Waals surface area contributed by atoms with Gasteiger partial charge in [-0.1, -0.05) is 48.4 Å². The van der Waals surface area contributed by atoms with Crippen molar-refractivity contribution >= 4 is 38.1 Å². The van der Waals surface area contributed by atoms with Crippen LogP contribution >= 0.6 is 11.3 Å². The molecule has 1 aromatic heterocycles. The number of anilines is 2. The zero-order valence-electron chi connectivity index (χ0n) is 15.1. The summed E-state index contributed by atoms with van der Waals surface area (Å²) in [5.41, 5.74) is 7.54. The third kappa shape index (κ3) is 3.88. The molecule has 26 heavy (non-hydrogen) atoms. The van der Waals surface area contributed by atoms with Crippen molar-refractivity contribution < 1.29 is 0 Å². The van der Waals surface area contributed by atoms with Gasteiger partial charge in [0.2, 0.25) is 5.13 Å². The van der Waals surface area contributed by atoms with Crippen LogP contribution in [0.4, 0.5) is 10.8 Å². The number of thiazole rings is 1. The fraction of sp³-hybridized carbons (Fsp3) is 0.333. The third-order valence-corrected chi connectivity index (χ3v) is 5.81. The minimum atomic E-state index is 0.826. The first-order chi connectivity index (χ1) is 12.8. The van der Waals surface area contributed by atoms with Crippen molar-refractivity contribution in [2.45, 2.75) is 32.6 Å². The fourth-order valence-electron chi connectivity index (χ4n) is 3.36. The Morgan fingerprint density at radius 1 is 1.00 bits per heavy atom. The first-order valence-corrected chi connectivity index (χ1v) is 10.1. The van der Waals surface area contributed by atoms with Gasteiger partial charge in [0.05, 0.1) is 15.9 Å². The van der Waals surface area contributed by atoms with Crippen LogP contribution in [0.5, 0.6) is 0 Å². The molecule has 1 saturated heterocycles. The molecule has 4 nitrogen and oxygen atoms in total. The predicted molar refractivity (Wildman–Crippen MR) is 113 cm³/mol. The van der Waals surface area contributed by atoms with E-state index in [-0.39, 0.29) is 0 Å². The Bertz CT molecular complexity index is 857. The molecule has 4 rings (SSSR count). The van der Waals surface area contributed by atoms with E-state index in [0.717, 1.165) is 21.9 Å². The molecular formula is C21H24N4S.